The molecule has 0 radical (unpaired) electrons. The summed E-state index contributed by atoms with van der Waals surface area (Å²) < 4.78 is 62.5. The Bertz CT molecular complexity index is 657. The SMILES string of the molecule is O=C(O)c1cc(Cl)cc(S(=O)(=O)CCOC(F)(F)F)c1Cl. The largest absolute Gasteiger partial charge is 0.522 e. The molecule has 0 saturated heterocycles. The highest BCUT2D eigenvalue weighted by molar-refractivity contribution is 7.91. The van der Waals surface area contributed by atoms with Crippen molar-refractivity contribution in [2.24, 2.45) is 0 Å². The van der Waals surface area contributed by atoms with Crippen LogP contribution in [-0.4, -0.2) is 38.2 Å². The molecule has 0 aliphatic rings. The van der Waals surface area contributed by atoms with Crippen LogP contribution < -0.4 is 0 Å². The van der Waals surface area contributed by atoms with E-state index in [0.717, 1.165) is 12.1 Å². The first-order valence-electron chi connectivity index (χ1n) is 5.10. The van der Waals surface area contributed by atoms with Gasteiger partial charge in [-0.05, 0) is 12.1 Å². The average Bonchev–Trinajstić information content (AvgIpc) is 2.29. The number of benzene rings is 1. The minimum absolute atomic E-state index is 0.230. The third-order valence-electron chi connectivity index (χ3n) is 2.19. The smallest absolute Gasteiger partial charge is 0.478 e. The number of hydrogen-bond acceptors (Lipinski definition) is 4. The fourth-order valence-corrected chi connectivity index (χ4v) is 3.36. The molecule has 0 unspecified atom stereocenters. The molecule has 0 bridgehead atoms. The van der Waals surface area contributed by atoms with Crippen LogP contribution in [0, 0.1) is 0 Å². The zero-order valence-electron chi connectivity index (χ0n) is 9.95. The number of carboxylic acids is 1. The standard InChI is InChI=1S/C10H7Cl2F3O5S/c11-5-3-6(9(16)17)8(12)7(4-5)21(18,19)2-1-20-10(13,14)15/h3-4H,1-2H2,(H,16,17). The molecule has 0 saturated carbocycles. The summed E-state index contributed by atoms with van der Waals surface area (Å²) in [6.45, 7) is -1.16. The van der Waals surface area contributed by atoms with E-state index in [1.54, 1.807) is 0 Å². The van der Waals surface area contributed by atoms with E-state index in [2.05, 4.69) is 4.74 Å². The van der Waals surface area contributed by atoms with Crippen molar-refractivity contribution in [1.82, 2.24) is 0 Å². The van der Waals surface area contributed by atoms with Gasteiger partial charge in [-0.15, -0.1) is 13.2 Å². The number of hydrogen-bond donors (Lipinski definition) is 1. The number of carboxylic acid groups (broad SMARTS) is 1. The topological polar surface area (TPSA) is 80.7 Å². The van der Waals surface area contributed by atoms with Gasteiger partial charge in [-0.3, -0.25) is 4.74 Å². The Labute approximate surface area is 127 Å². The van der Waals surface area contributed by atoms with E-state index in [0.29, 0.717) is 0 Å². The van der Waals surface area contributed by atoms with E-state index >= 15 is 0 Å². The first-order chi connectivity index (χ1) is 9.44. The summed E-state index contributed by atoms with van der Waals surface area (Å²) in [5.74, 6) is -2.56. The van der Waals surface area contributed by atoms with Gasteiger partial charge in [0.25, 0.3) is 0 Å². The average molecular weight is 367 g/mol. The van der Waals surface area contributed by atoms with E-state index in [9.17, 15) is 26.4 Å². The number of alkyl halides is 3. The Balaban J connectivity index is 3.12. The molecule has 1 aromatic carbocycles. The summed E-state index contributed by atoms with van der Waals surface area (Å²) in [5.41, 5.74) is -0.570. The van der Waals surface area contributed by atoms with Crippen molar-refractivity contribution in [3.05, 3.63) is 27.7 Å². The molecular formula is C10H7Cl2F3O5S. The Hall–Kier alpha value is -1.03. The van der Waals surface area contributed by atoms with Gasteiger partial charge in [0.15, 0.2) is 9.84 Å². The second-order valence-corrected chi connectivity index (χ2v) is 6.58. The molecule has 0 aliphatic heterocycles. The molecule has 0 amide bonds. The zero-order chi connectivity index (χ0) is 16.4. The molecule has 0 heterocycles. The van der Waals surface area contributed by atoms with Crippen LogP contribution in [0.5, 0.6) is 0 Å². The Morgan fingerprint density at radius 3 is 2.33 bits per heavy atom. The number of rotatable bonds is 5. The van der Waals surface area contributed by atoms with Crippen molar-refractivity contribution in [3.63, 3.8) is 0 Å². The molecule has 118 valence electrons. The van der Waals surface area contributed by atoms with E-state index in [4.69, 9.17) is 28.3 Å². The molecule has 0 fully saturated rings. The first-order valence-corrected chi connectivity index (χ1v) is 7.50. The summed E-state index contributed by atoms with van der Waals surface area (Å²) >= 11 is 11.2. The van der Waals surface area contributed by atoms with Crippen LogP contribution in [0.15, 0.2) is 17.0 Å². The number of sulfone groups is 1. The lowest BCUT2D eigenvalue weighted by Crippen LogP contribution is -2.20. The Kier molecular flexibility index (Phi) is 5.48. The second-order valence-electron chi connectivity index (χ2n) is 3.68. The fourth-order valence-electron chi connectivity index (χ4n) is 1.32. The lowest BCUT2D eigenvalue weighted by molar-refractivity contribution is -0.322. The van der Waals surface area contributed by atoms with Gasteiger partial charge in [0, 0.05) is 5.02 Å². The van der Waals surface area contributed by atoms with E-state index in [-0.39, 0.29) is 5.02 Å². The molecule has 1 aromatic rings. The molecule has 1 rings (SSSR count). The third kappa shape index (κ3) is 5.03. The van der Waals surface area contributed by atoms with Gasteiger partial charge in [-0.1, -0.05) is 23.2 Å². The highest BCUT2D eigenvalue weighted by Gasteiger charge is 2.31. The minimum atomic E-state index is -4.97. The van der Waals surface area contributed by atoms with Crippen molar-refractivity contribution in [1.29, 1.82) is 0 Å². The number of carbonyl (C=O) groups is 1. The predicted molar refractivity (Wildman–Crippen MR) is 67.5 cm³/mol. The van der Waals surface area contributed by atoms with Crippen molar-refractivity contribution in [2.75, 3.05) is 12.4 Å². The van der Waals surface area contributed by atoms with Gasteiger partial charge in [0.05, 0.1) is 27.8 Å². The van der Waals surface area contributed by atoms with Crippen molar-refractivity contribution in [3.8, 4) is 0 Å². The van der Waals surface area contributed by atoms with Crippen LogP contribution >= 0.6 is 23.2 Å². The molecule has 0 atom stereocenters. The fraction of sp³-hybridized carbons (Fsp3) is 0.300. The van der Waals surface area contributed by atoms with Gasteiger partial charge >= 0.3 is 12.3 Å². The molecule has 5 nitrogen and oxygen atoms in total. The first kappa shape index (κ1) is 18.0. The van der Waals surface area contributed by atoms with Gasteiger partial charge in [0.2, 0.25) is 0 Å². The number of aromatic carboxylic acids is 1. The molecule has 1 N–H and O–H groups in total. The monoisotopic (exact) mass is 366 g/mol. The van der Waals surface area contributed by atoms with Crippen molar-refractivity contribution < 1.29 is 36.2 Å². The van der Waals surface area contributed by atoms with Gasteiger partial charge in [-0.2, -0.15) is 0 Å². The molecule has 11 heteroatoms. The van der Waals surface area contributed by atoms with Crippen LogP contribution in [0.3, 0.4) is 0 Å². The van der Waals surface area contributed by atoms with E-state index < -0.39 is 50.0 Å². The number of ether oxygens (including phenoxy) is 1. The molecule has 21 heavy (non-hydrogen) atoms. The van der Waals surface area contributed by atoms with Crippen LogP contribution in [0.25, 0.3) is 0 Å². The minimum Gasteiger partial charge on any atom is -0.478 e. The summed E-state index contributed by atoms with van der Waals surface area (Å²) in [6, 6.07) is 1.79. The van der Waals surface area contributed by atoms with E-state index in [1.807, 2.05) is 0 Å². The van der Waals surface area contributed by atoms with E-state index in [1.165, 1.54) is 0 Å². The van der Waals surface area contributed by atoms with Crippen LogP contribution in [0.1, 0.15) is 10.4 Å². The quantitative estimate of drug-likeness (QED) is 0.866. The Morgan fingerprint density at radius 1 is 1.29 bits per heavy atom. The van der Waals surface area contributed by atoms with Crippen LogP contribution in [-0.2, 0) is 14.6 Å². The maximum Gasteiger partial charge on any atom is 0.522 e. The maximum atomic E-state index is 11.9. The molecular weight excluding hydrogens is 360 g/mol. The molecule has 0 aliphatic carbocycles. The highest BCUT2D eigenvalue weighted by atomic mass is 35.5. The highest BCUT2D eigenvalue weighted by Crippen LogP contribution is 2.30. The van der Waals surface area contributed by atoms with Crippen molar-refractivity contribution >= 4 is 39.0 Å². The van der Waals surface area contributed by atoms with Crippen LogP contribution in [0.4, 0.5) is 13.2 Å². The Morgan fingerprint density at radius 2 is 1.86 bits per heavy atom. The van der Waals surface area contributed by atoms with Gasteiger partial charge in [-0.25, -0.2) is 13.2 Å². The second kappa shape index (κ2) is 6.39. The zero-order valence-corrected chi connectivity index (χ0v) is 12.3. The summed E-state index contributed by atoms with van der Waals surface area (Å²) in [4.78, 5) is 10.2. The third-order valence-corrected chi connectivity index (χ3v) is 4.62. The van der Waals surface area contributed by atoms with Gasteiger partial charge in [0.1, 0.15) is 0 Å². The summed E-state index contributed by atoms with van der Waals surface area (Å²) in [6.07, 6.45) is -4.97. The molecule has 0 spiro atoms. The van der Waals surface area contributed by atoms with Crippen LogP contribution in [0.2, 0.25) is 10.0 Å². The number of halogens is 5. The normalized spacial score (nSPS) is 12.4. The summed E-state index contributed by atoms with van der Waals surface area (Å²) in [7, 11) is -4.30. The maximum absolute atomic E-state index is 11.9. The van der Waals surface area contributed by atoms with Crippen molar-refractivity contribution in [2.45, 2.75) is 11.3 Å². The summed E-state index contributed by atoms with van der Waals surface area (Å²) in [5, 5.41) is 8.00. The predicted octanol–water partition coefficient (Wildman–Crippen LogP) is 3.00. The lowest BCUT2D eigenvalue weighted by atomic mass is 10.2. The molecule has 0 aromatic heterocycles. The lowest BCUT2D eigenvalue weighted by Gasteiger charge is -2.11. The van der Waals surface area contributed by atoms with Gasteiger partial charge < -0.3 is 5.11 Å².